The predicted octanol–water partition coefficient (Wildman–Crippen LogP) is 0.369. The van der Waals surface area contributed by atoms with Crippen molar-refractivity contribution in [2.45, 2.75) is 18.6 Å². The Morgan fingerprint density at radius 3 is 2.54 bits per heavy atom. The van der Waals surface area contributed by atoms with Crippen LogP contribution < -0.4 is 5.32 Å². The van der Waals surface area contributed by atoms with Gasteiger partial charge in [0.25, 0.3) is 0 Å². The summed E-state index contributed by atoms with van der Waals surface area (Å²) in [4.78, 5) is 12.3. The van der Waals surface area contributed by atoms with E-state index in [1.165, 1.54) is 0 Å². The summed E-state index contributed by atoms with van der Waals surface area (Å²) in [5.41, 5.74) is 0. The van der Waals surface area contributed by atoms with E-state index in [0.29, 0.717) is 13.0 Å². The van der Waals surface area contributed by atoms with Gasteiger partial charge >= 0.3 is 12.1 Å². The Morgan fingerprint density at radius 1 is 1.54 bits per heavy atom. The standard InChI is InChI=1S/C7H11F3N2O/c1-12-3-2-5(4-12)11-6(13)7(8,9)10/h5H,2-4H2,1H3,(H,11,13)/t5-/m0/s1. The highest BCUT2D eigenvalue weighted by molar-refractivity contribution is 5.81. The smallest absolute Gasteiger partial charge is 0.344 e. The van der Waals surface area contributed by atoms with Gasteiger partial charge in [0.2, 0.25) is 0 Å². The number of carbonyl (C=O) groups excluding carboxylic acids is 1. The first-order valence-corrected chi connectivity index (χ1v) is 3.96. The van der Waals surface area contributed by atoms with Gasteiger partial charge in [-0.3, -0.25) is 4.79 Å². The van der Waals surface area contributed by atoms with Crippen LogP contribution in [-0.2, 0) is 4.79 Å². The molecule has 0 spiro atoms. The molecular formula is C7H11F3N2O. The first-order chi connectivity index (χ1) is 5.89. The molecule has 1 heterocycles. The van der Waals surface area contributed by atoms with Crippen LogP contribution in [0.4, 0.5) is 13.2 Å². The van der Waals surface area contributed by atoms with Crippen LogP contribution in [-0.4, -0.2) is 43.2 Å². The Hall–Kier alpha value is -0.780. The number of halogens is 3. The topological polar surface area (TPSA) is 32.3 Å². The molecule has 1 amide bonds. The summed E-state index contributed by atoms with van der Waals surface area (Å²) in [7, 11) is 1.81. The Bertz CT molecular complexity index is 204. The molecule has 1 fully saturated rings. The van der Waals surface area contributed by atoms with Gasteiger partial charge in [-0.2, -0.15) is 13.2 Å². The molecule has 6 heteroatoms. The lowest BCUT2D eigenvalue weighted by atomic mass is 10.2. The third kappa shape index (κ3) is 2.87. The monoisotopic (exact) mass is 196 g/mol. The van der Waals surface area contributed by atoms with Crippen LogP contribution in [0.15, 0.2) is 0 Å². The van der Waals surface area contributed by atoms with E-state index < -0.39 is 12.1 Å². The van der Waals surface area contributed by atoms with Crippen LogP contribution in [0.3, 0.4) is 0 Å². The first-order valence-electron chi connectivity index (χ1n) is 3.96. The highest BCUT2D eigenvalue weighted by Crippen LogP contribution is 2.16. The molecule has 0 aromatic carbocycles. The van der Waals surface area contributed by atoms with Gasteiger partial charge in [0.1, 0.15) is 0 Å². The molecule has 0 aliphatic carbocycles. The molecule has 0 aromatic heterocycles. The normalized spacial score (nSPS) is 24.8. The average Bonchev–Trinajstić information content (AvgIpc) is 2.33. The summed E-state index contributed by atoms with van der Waals surface area (Å²) in [6, 6.07) is -0.362. The van der Waals surface area contributed by atoms with Gasteiger partial charge in [0.15, 0.2) is 0 Å². The van der Waals surface area contributed by atoms with E-state index in [0.717, 1.165) is 6.54 Å². The maximum atomic E-state index is 11.8. The van der Waals surface area contributed by atoms with Crippen LogP contribution in [0.25, 0.3) is 0 Å². The van der Waals surface area contributed by atoms with Crippen molar-refractivity contribution in [3.05, 3.63) is 0 Å². The van der Waals surface area contributed by atoms with E-state index in [1.54, 1.807) is 7.05 Å². The Labute approximate surface area is 73.9 Å². The van der Waals surface area contributed by atoms with Crippen molar-refractivity contribution in [2.24, 2.45) is 0 Å². The fourth-order valence-electron chi connectivity index (χ4n) is 1.32. The maximum Gasteiger partial charge on any atom is 0.471 e. The molecule has 1 atom stereocenters. The fraction of sp³-hybridized carbons (Fsp3) is 0.857. The van der Waals surface area contributed by atoms with E-state index >= 15 is 0 Å². The lowest BCUT2D eigenvalue weighted by molar-refractivity contribution is -0.174. The summed E-state index contributed by atoms with van der Waals surface area (Å²) < 4.78 is 35.3. The van der Waals surface area contributed by atoms with E-state index in [4.69, 9.17) is 0 Å². The third-order valence-electron chi connectivity index (χ3n) is 1.98. The van der Waals surface area contributed by atoms with Crippen molar-refractivity contribution in [2.75, 3.05) is 20.1 Å². The number of rotatable bonds is 1. The number of hydrogen-bond donors (Lipinski definition) is 1. The van der Waals surface area contributed by atoms with Gasteiger partial charge < -0.3 is 10.2 Å². The Balaban J connectivity index is 2.37. The molecule has 0 saturated carbocycles. The molecule has 0 aromatic rings. The number of nitrogens with zero attached hydrogens (tertiary/aromatic N) is 1. The van der Waals surface area contributed by atoms with Gasteiger partial charge in [-0.15, -0.1) is 0 Å². The van der Waals surface area contributed by atoms with Gasteiger partial charge in [-0.25, -0.2) is 0 Å². The summed E-state index contributed by atoms with van der Waals surface area (Å²) in [6.45, 7) is 1.21. The number of nitrogens with one attached hydrogen (secondary N) is 1. The van der Waals surface area contributed by atoms with E-state index in [-0.39, 0.29) is 6.04 Å². The second kappa shape index (κ2) is 3.53. The Kier molecular flexibility index (Phi) is 2.80. The molecule has 1 aliphatic heterocycles. The molecule has 1 aliphatic rings. The minimum atomic E-state index is -4.76. The summed E-state index contributed by atoms with van der Waals surface area (Å²) >= 11 is 0. The van der Waals surface area contributed by atoms with Crippen LogP contribution >= 0.6 is 0 Å². The number of likely N-dealkylation sites (N-methyl/N-ethyl adjacent to an activating group) is 1. The number of carbonyl (C=O) groups is 1. The SMILES string of the molecule is CN1CC[C@H](NC(=O)C(F)(F)F)C1. The molecule has 0 bridgehead atoms. The molecule has 0 unspecified atom stereocenters. The highest BCUT2D eigenvalue weighted by Gasteiger charge is 2.40. The van der Waals surface area contributed by atoms with Crippen molar-refractivity contribution in [1.82, 2.24) is 10.2 Å². The molecule has 76 valence electrons. The number of amides is 1. The van der Waals surface area contributed by atoms with Crippen molar-refractivity contribution in [3.8, 4) is 0 Å². The second-order valence-electron chi connectivity index (χ2n) is 3.22. The zero-order valence-corrected chi connectivity index (χ0v) is 7.19. The quantitative estimate of drug-likeness (QED) is 0.657. The van der Waals surface area contributed by atoms with Crippen molar-refractivity contribution >= 4 is 5.91 Å². The Morgan fingerprint density at radius 2 is 2.15 bits per heavy atom. The molecule has 1 rings (SSSR count). The average molecular weight is 196 g/mol. The molecular weight excluding hydrogens is 185 g/mol. The van der Waals surface area contributed by atoms with Crippen LogP contribution in [0, 0.1) is 0 Å². The minimum Gasteiger partial charge on any atom is -0.344 e. The minimum absolute atomic E-state index is 0.362. The van der Waals surface area contributed by atoms with E-state index in [9.17, 15) is 18.0 Å². The number of alkyl halides is 3. The van der Waals surface area contributed by atoms with Crippen molar-refractivity contribution in [1.29, 1.82) is 0 Å². The summed E-state index contributed by atoms with van der Waals surface area (Å²) in [5.74, 6) is -1.84. The lowest BCUT2D eigenvalue weighted by Crippen LogP contribution is -2.44. The maximum absolute atomic E-state index is 11.8. The van der Waals surface area contributed by atoms with Crippen LogP contribution in [0.1, 0.15) is 6.42 Å². The first kappa shape index (κ1) is 10.3. The molecule has 13 heavy (non-hydrogen) atoms. The van der Waals surface area contributed by atoms with Gasteiger partial charge in [0, 0.05) is 12.6 Å². The van der Waals surface area contributed by atoms with E-state index in [1.807, 2.05) is 10.2 Å². The molecule has 1 saturated heterocycles. The van der Waals surface area contributed by atoms with Crippen molar-refractivity contribution in [3.63, 3.8) is 0 Å². The highest BCUT2D eigenvalue weighted by atomic mass is 19.4. The van der Waals surface area contributed by atoms with Gasteiger partial charge in [-0.05, 0) is 20.0 Å². The zero-order valence-electron chi connectivity index (χ0n) is 7.19. The lowest BCUT2D eigenvalue weighted by Gasteiger charge is -2.13. The molecule has 0 radical (unpaired) electrons. The summed E-state index contributed by atoms with van der Waals surface area (Å²) in [6.07, 6.45) is -4.18. The predicted molar refractivity (Wildman–Crippen MR) is 40.1 cm³/mol. The molecule has 3 nitrogen and oxygen atoms in total. The summed E-state index contributed by atoms with van der Waals surface area (Å²) in [5, 5.41) is 1.94. The van der Waals surface area contributed by atoms with Crippen molar-refractivity contribution < 1.29 is 18.0 Å². The van der Waals surface area contributed by atoms with Crippen LogP contribution in [0.5, 0.6) is 0 Å². The number of likely N-dealkylation sites (tertiary alicyclic amines) is 1. The van der Waals surface area contributed by atoms with E-state index in [2.05, 4.69) is 0 Å². The fourth-order valence-corrected chi connectivity index (χ4v) is 1.32. The van der Waals surface area contributed by atoms with Gasteiger partial charge in [-0.1, -0.05) is 0 Å². The second-order valence-corrected chi connectivity index (χ2v) is 3.22. The third-order valence-corrected chi connectivity index (χ3v) is 1.98. The molecule has 1 N–H and O–H groups in total. The zero-order chi connectivity index (χ0) is 10.1. The van der Waals surface area contributed by atoms with Crippen LogP contribution in [0.2, 0.25) is 0 Å². The van der Waals surface area contributed by atoms with Gasteiger partial charge in [0.05, 0.1) is 0 Å². The largest absolute Gasteiger partial charge is 0.471 e. The number of hydrogen-bond acceptors (Lipinski definition) is 2.